The second kappa shape index (κ2) is 4.21. The van der Waals surface area contributed by atoms with Gasteiger partial charge in [0.1, 0.15) is 5.84 Å². The summed E-state index contributed by atoms with van der Waals surface area (Å²) in [5.74, 6) is 1.13. The molecule has 0 bridgehead atoms. The number of fused-ring (bicyclic) bond motifs is 1. The summed E-state index contributed by atoms with van der Waals surface area (Å²) < 4.78 is 0. The summed E-state index contributed by atoms with van der Waals surface area (Å²) in [7, 11) is 0. The maximum Gasteiger partial charge on any atom is 0.101 e. The summed E-state index contributed by atoms with van der Waals surface area (Å²) in [6.45, 7) is 4.11. The second-order valence-electron chi connectivity index (χ2n) is 4.50. The Labute approximate surface area is 101 Å². The van der Waals surface area contributed by atoms with Crippen LogP contribution >= 0.6 is 0 Å². The fourth-order valence-electron chi connectivity index (χ4n) is 2.41. The van der Waals surface area contributed by atoms with Crippen LogP contribution in [0.1, 0.15) is 11.1 Å². The Hall–Kier alpha value is -1.83. The lowest BCUT2D eigenvalue weighted by Crippen LogP contribution is -2.20. The number of hydrogen-bond acceptors (Lipinski definition) is 2. The minimum atomic E-state index is 0.919. The Morgan fingerprint density at radius 2 is 2.06 bits per heavy atom. The predicted molar refractivity (Wildman–Crippen MR) is 72.7 cm³/mol. The molecule has 0 radical (unpaired) electrons. The van der Waals surface area contributed by atoms with Crippen LogP contribution in [0.25, 0.3) is 10.8 Å². The lowest BCUT2D eigenvalue weighted by molar-refractivity contribution is 0.953. The Morgan fingerprint density at radius 3 is 2.88 bits per heavy atom. The highest BCUT2D eigenvalue weighted by atomic mass is 15.1. The van der Waals surface area contributed by atoms with Gasteiger partial charge in [-0.2, -0.15) is 0 Å². The predicted octanol–water partition coefficient (Wildman–Crippen LogP) is 2.69. The number of nitrogens with one attached hydrogen (secondary N) is 1. The first-order chi connectivity index (χ1) is 8.34. The molecule has 3 rings (SSSR count). The summed E-state index contributed by atoms with van der Waals surface area (Å²) in [6.07, 6.45) is 0.927. The van der Waals surface area contributed by atoms with Crippen LogP contribution < -0.4 is 5.32 Å². The van der Waals surface area contributed by atoms with E-state index in [-0.39, 0.29) is 0 Å². The number of benzene rings is 2. The summed E-state index contributed by atoms with van der Waals surface area (Å²) >= 11 is 0. The Kier molecular flexibility index (Phi) is 2.56. The molecule has 0 saturated heterocycles. The average Bonchev–Trinajstić information content (AvgIpc) is 2.86. The second-order valence-corrected chi connectivity index (χ2v) is 4.50. The zero-order valence-corrected chi connectivity index (χ0v) is 10.0. The van der Waals surface area contributed by atoms with Crippen molar-refractivity contribution in [3.63, 3.8) is 0 Å². The lowest BCUT2D eigenvalue weighted by Gasteiger charge is -2.09. The van der Waals surface area contributed by atoms with E-state index in [0.717, 1.165) is 25.3 Å². The van der Waals surface area contributed by atoms with Crippen molar-refractivity contribution in [2.24, 2.45) is 4.99 Å². The van der Waals surface area contributed by atoms with E-state index in [2.05, 4.69) is 53.6 Å². The molecule has 2 aromatic carbocycles. The third-order valence-corrected chi connectivity index (χ3v) is 3.41. The van der Waals surface area contributed by atoms with E-state index < -0.39 is 0 Å². The van der Waals surface area contributed by atoms with E-state index >= 15 is 0 Å². The van der Waals surface area contributed by atoms with Gasteiger partial charge < -0.3 is 5.32 Å². The van der Waals surface area contributed by atoms with Crippen LogP contribution in [0.4, 0.5) is 0 Å². The first-order valence-electron chi connectivity index (χ1n) is 6.09. The molecule has 1 N–H and O–H groups in total. The van der Waals surface area contributed by atoms with Gasteiger partial charge >= 0.3 is 0 Å². The Morgan fingerprint density at radius 1 is 1.18 bits per heavy atom. The van der Waals surface area contributed by atoms with Crippen molar-refractivity contribution in [3.8, 4) is 0 Å². The van der Waals surface area contributed by atoms with Crippen molar-refractivity contribution in [2.45, 2.75) is 13.3 Å². The van der Waals surface area contributed by atoms with Crippen molar-refractivity contribution in [2.75, 3.05) is 13.1 Å². The van der Waals surface area contributed by atoms with Gasteiger partial charge in [-0.15, -0.1) is 0 Å². The number of hydrogen-bond donors (Lipinski definition) is 1. The molecule has 1 heterocycles. The van der Waals surface area contributed by atoms with Gasteiger partial charge in [-0.3, -0.25) is 4.99 Å². The van der Waals surface area contributed by atoms with E-state index in [0.29, 0.717) is 0 Å². The molecule has 86 valence electrons. The van der Waals surface area contributed by atoms with E-state index in [1.165, 1.54) is 21.9 Å². The van der Waals surface area contributed by atoms with Crippen molar-refractivity contribution in [1.82, 2.24) is 5.32 Å². The number of aliphatic imine (C=N–C) groups is 1. The standard InChI is InChI=1S/C15H16N2/c1-11-13(10-15-16-8-9-17-15)7-6-12-4-2-3-5-14(11)12/h2-7H,8-10H2,1H3,(H,16,17). The molecule has 0 saturated carbocycles. The molecule has 17 heavy (non-hydrogen) atoms. The van der Waals surface area contributed by atoms with E-state index in [9.17, 15) is 0 Å². The maximum absolute atomic E-state index is 4.46. The Bertz CT molecular complexity index is 584. The molecule has 0 aromatic heterocycles. The lowest BCUT2D eigenvalue weighted by atomic mass is 9.98. The quantitative estimate of drug-likeness (QED) is 0.833. The first-order valence-corrected chi connectivity index (χ1v) is 6.09. The summed E-state index contributed by atoms with van der Waals surface area (Å²) in [5.41, 5.74) is 2.75. The van der Waals surface area contributed by atoms with Crippen LogP contribution in [-0.2, 0) is 6.42 Å². The molecule has 0 fully saturated rings. The summed E-state index contributed by atoms with van der Waals surface area (Å²) in [6, 6.07) is 13.0. The van der Waals surface area contributed by atoms with Gasteiger partial charge in [-0.05, 0) is 28.8 Å². The minimum absolute atomic E-state index is 0.919. The SMILES string of the molecule is Cc1c(CC2=NCCN2)ccc2ccccc12. The zero-order chi connectivity index (χ0) is 11.7. The third-order valence-electron chi connectivity index (χ3n) is 3.41. The molecule has 2 heteroatoms. The topological polar surface area (TPSA) is 24.4 Å². The van der Waals surface area contributed by atoms with Crippen LogP contribution in [-0.4, -0.2) is 18.9 Å². The number of nitrogens with zero attached hydrogens (tertiary/aromatic N) is 1. The van der Waals surface area contributed by atoms with Gasteiger partial charge in [0.25, 0.3) is 0 Å². The van der Waals surface area contributed by atoms with Crippen LogP contribution in [0, 0.1) is 6.92 Å². The van der Waals surface area contributed by atoms with Gasteiger partial charge in [-0.25, -0.2) is 0 Å². The van der Waals surface area contributed by atoms with Gasteiger partial charge in [0.15, 0.2) is 0 Å². The van der Waals surface area contributed by atoms with E-state index in [1.54, 1.807) is 0 Å². The third kappa shape index (κ3) is 1.91. The smallest absolute Gasteiger partial charge is 0.101 e. The molecule has 2 nitrogen and oxygen atoms in total. The van der Waals surface area contributed by atoms with Crippen molar-refractivity contribution >= 4 is 16.6 Å². The average molecular weight is 224 g/mol. The zero-order valence-electron chi connectivity index (χ0n) is 10.0. The fourth-order valence-corrected chi connectivity index (χ4v) is 2.41. The van der Waals surface area contributed by atoms with Crippen LogP contribution in [0.2, 0.25) is 0 Å². The fraction of sp³-hybridized carbons (Fsp3) is 0.267. The van der Waals surface area contributed by atoms with Gasteiger partial charge in [0, 0.05) is 13.0 Å². The van der Waals surface area contributed by atoms with Crippen molar-refractivity contribution in [1.29, 1.82) is 0 Å². The molecule has 2 aromatic rings. The number of rotatable bonds is 2. The highest BCUT2D eigenvalue weighted by Crippen LogP contribution is 2.22. The van der Waals surface area contributed by atoms with E-state index in [1.807, 2.05) is 0 Å². The van der Waals surface area contributed by atoms with Crippen molar-refractivity contribution < 1.29 is 0 Å². The number of amidine groups is 1. The van der Waals surface area contributed by atoms with Crippen molar-refractivity contribution in [3.05, 3.63) is 47.5 Å². The molecule has 1 aliphatic heterocycles. The molecular weight excluding hydrogens is 208 g/mol. The van der Waals surface area contributed by atoms with Crippen LogP contribution in [0.3, 0.4) is 0 Å². The summed E-state index contributed by atoms with van der Waals surface area (Å²) in [4.78, 5) is 4.46. The van der Waals surface area contributed by atoms with Gasteiger partial charge in [-0.1, -0.05) is 36.4 Å². The normalized spacial score (nSPS) is 14.8. The molecular formula is C15H16N2. The maximum atomic E-state index is 4.46. The highest BCUT2D eigenvalue weighted by Gasteiger charge is 2.09. The molecule has 0 spiro atoms. The molecule has 0 amide bonds. The minimum Gasteiger partial charge on any atom is -0.372 e. The molecule has 0 unspecified atom stereocenters. The Balaban J connectivity index is 2.02. The monoisotopic (exact) mass is 224 g/mol. The van der Waals surface area contributed by atoms with Gasteiger partial charge in [0.05, 0.1) is 6.54 Å². The van der Waals surface area contributed by atoms with E-state index in [4.69, 9.17) is 0 Å². The van der Waals surface area contributed by atoms with Gasteiger partial charge in [0.2, 0.25) is 0 Å². The number of aryl methyl sites for hydroxylation is 1. The molecule has 1 aliphatic rings. The molecule has 0 aliphatic carbocycles. The molecule has 0 atom stereocenters. The largest absolute Gasteiger partial charge is 0.372 e. The van der Waals surface area contributed by atoms with Crippen LogP contribution in [0.5, 0.6) is 0 Å². The highest BCUT2D eigenvalue weighted by molar-refractivity contribution is 5.90. The van der Waals surface area contributed by atoms with Crippen LogP contribution in [0.15, 0.2) is 41.4 Å². The summed E-state index contributed by atoms with van der Waals surface area (Å²) in [5, 5.41) is 6.00. The first kappa shape index (κ1) is 10.3.